The molecule has 0 spiro atoms. The molecule has 1 aliphatic rings. The first kappa shape index (κ1) is 14.0. The van der Waals surface area contributed by atoms with Crippen LogP contribution >= 0.6 is 18.6 Å². The van der Waals surface area contributed by atoms with Gasteiger partial charge in [-0.15, -0.1) is 0 Å². The Balaban J connectivity index is 0.00000144. The van der Waals surface area contributed by atoms with Crippen molar-refractivity contribution in [1.82, 2.24) is 0 Å². The Kier molecular flexibility index (Phi) is 5.57. The normalized spacial score (nSPS) is 22.2. The van der Waals surface area contributed by atoms with E-state index in [-0.39, 0.29) is 11.0 Å². The molecule has 1 atom stereocenters. The molecule has 0 saturated carbocycles. The third kappa shape index (κ3) is 2.51. The van der Waals surface area contributed by atoms with E-state index >= 15 is 0 Å². The summed E-state index contributed by atoms with van der Waals surface area (Å²) in [6.45, 7) is 8.66. The zero-order valence-corrected chi connectivity index (χ0v) is 10.9. The summed E-state index contributed by atoms with van der Waals surface area (Å²) >= 11 is -1.89. The maximum absolute atomic E-state index is 6.05. The summed E-state index contributed by atoms with van der Waals surface area (Å²) in [5, 5.41) is 0. The molecule has 0 aromatic rings. The van der Waals surface area contributed by atoms with Crippen molar-refractivity contribution in [3.05, 3.63) is 20.6 Å². The van der Waals surface area contributed by atoms with Gasteiger partial charge in [0.25, 0.3) is 0 Å². The second-order valence-electron chi connectivity index (χ2n) is 3.33. The average molecular weight is 272 g/mol. The summed E-state index contributed by atoms with van der Waals surface area (Å²) in [6.07, 6.45) is 0. The molecule has 0 aliphatic heterocycles. The van der Waals surface area contributed by atoms with Gasteiger partial charge in [-0.05, 0) is 11.0 Å². The van der Waals surface area contributed by atoms with Gasteiger partial charge in [0.2, 0.25) is 0 Å². The fourth-order valence-corrected chi connectivity index (χ4v) is 5.77. The largest absolute Gasteiger partial charge is 0.0149 e. The molecule has 1 aliphatic carbocycles. The molecule has 1 unspecified atom stereocenters. The Morgan fingerprint density at radius 2 is 1.54 bits per heavy atom. The smallest absolute Gasteiger partial charge is 0.0149 e. The summed E-state index contributed by atoms with van der Waals surface area (Å²) in [6, 6.07) is 0. The van der Waals surface area contributed by atoms with Crippen molar-refractivity contribution >= 4 is 29.6 Å². The summed E-state index contributed by atoms with van der Waals surface area (Å²) in [5.74, 6) is 0.495. The predicted molar refractivity (Wildman–Crippen MR) is 63.3 cm³/mol. The molecule has 75 valence electrons. The molecule has 0 N–H and O–H groups in total. The molecule has 13 heavy (non-hydrogen) atoms. The first-order valence-corrected chi connectivity index (χ1v) is 9.11. The summed E-state index contributed by atoms with van der Waals surface area (Å²) in [7, 11) is 12.1. The topological polar surface area (TPSA) is 0 Å². The van der Waals surface area contributed by atoms with Gasteiger partial charge < -0.3 is 0 Å². The molecule has 0 saturated heterocycles. The molecule has 4 heteroatoms. The first-order chi connectivity index (χ1) is 5.46. The van der Waals surface area contributed by atoms with E-state index in [0.717, 1.165) is 0 Å². The van der Waals surface area contributed by atoms with E-state index < -0.39 is 15.7 Å². The van der Waals surface area contributed by atoms with Gasteiger partial charge in [-0.3, -0.25) is 0 Å². The van der Waals surface area contributed by atoms with Gasteiger partial charge in [0, 0.05) is 0 Å². The Hall–Kier alpha value is 0.991. The van der Waals surface area contributed by atoms with E-state index in [2.05, 4.69) is 27.7 Å². The molecule has 0 aromatic heterocycles. The second-order valence-corrected chi connectivity index (χ2v) is 8.90. The van der Waals surface area contributed by atoms with Crippen molar-refractivity contribution in [3.63, 3.8) is 0 Å². The SMILES string of the molecule is CC1=C(C)C(C)[C]([Ti]([Cl])[Cl])=C1C.[SiH4]. The van der Waals surface area contributed by atoms with Crippen LogP contribution in [0.25, 0.3) is 0 Å². The second kappa shape index (κ2) is 5.18. The minimum atomic E-state index is -1.89. The van der Waals surface area contributed by atoms with E-state index in [1.54, 1.807) is 0 Å². The first-order valence-electron chi connectivity index (χ1n) is 4.03. The predicted octanol–water partition coefficient (Wildman–Crippen LogP) is 2.72. The van der Waals surface area contributed by atoms with Crippen LogP contribution in [0.4, 0.5) is 0 Å². The summed E-state index contributed by atoms with van der Waals surface area (Å²) < 4.78 is 1.34. The van der Waals surface area contributed by atoms with Gasteiger partial charge >= 0.3 is 88.6 Å². The fourth-order valence-electron chi connectivity index (χ4n) is 1.67. The van der Waals surface area contributed by atoms with Gasteiger partial charge in [-0.1, -0.05) is 0 Å². The Labute approximate surface area is 99.0 Å². The number of halogens is 2. The number of rotatable bonds is 1. The van der Waals surface area contributed by atoms with Gasteiger partial charge in [-0.2, -0.15) is 0 Å². The van der Waals surface area contributed by atoms with E-state index in [1.807, 2.05) is 0 Å². The van der Waals surface area contributed by atoms with Gasteiger partial charge in [0.1, 0.15) is 0 Å². The quantitative estimate of drug-likeness (QED) is 0.644. The Bertz CT molecular complexity index is 269. The van der Waals surface area contributed by atoms with Crippen molar-refractivity contribution in [2.24, 2.45) is 5.92 Å². The van der Waals surface area contributed by atoms with Gasteiger partial charge in [0.15, 0.2) is 0 Å². The molecule has 0 heterocycles. The van der Waals surface area contributed by atoms with E-state index in [1.165, 1.54) is 20.6 Å². The van der Waals surface area contributed by atoms with E-state index in [4.69, 9.17) is 18.6 Å². The van der Waals surface area contributed by atoms with Crippen molar-refractivity contribution in [3.8, 4) is 0 Å². The third-order valence-corrected chi connectivity index (χ3v) is 6.42. The van der Waals surface area contributed by atoms with Crippen molar-refractivity contribution in [2.75, 3.05) is 0 Å². The van der Waals surface area contributed by atoms with Crippen molar-refractivity contribution in [2.45, 2.75) is 27.7 Å². The zero-order chi connectivity index (χ0) is 9.46. The molecule has 1 rings (SSSR count). The minimum Gasteiger partial charge on any atom is -0.0149 e. The molecule has 0 amide bonds. The average Bonchev–Trinajstić information content (AvgIpc) is 2.16. The van der Waals surface area contributed by atoms with Crippen LogP contribution in [0.3, 0.4) is 0 Å². The van der Waals surface area contributed by atoms with Crippen LogP contribution in [0.1, 0.15) is 27.7 Å². The van der Waals surface area contributed by atoms with Crippen molar-refractivity contribution in [1.29, 1.82) is 0 Å². The van der Waals surface area contributed by atoms with Crippen LogP contribution in [-0.4, -0.2) is 11.0 Å². The molecule has 0 bridgehead atoms. The minimum absolute atomic E-state index is 0. The standard InChI is InChI=1S/C9H13.2ClH.H4Si.Ti/c1-6-5-7(2)9(4)8(6)3;;;;/h6H,1-4H3;2*1H;1H4;/q;;;;+2/p-2. The van der Waals surface area contributed by atoms with Crippen LogP contribution in [0.2, 0.25) is 0 Å². The maximum atomic E-state index is 6.05. The number of allylic oxidation sites excluding steroid dienone is 4. The molecule has 0 radical (unpaired) electrons. The van der Waals surface area contributed by atoms with Crippen LogP contribution in [0.5, 0.6) is 0 Å². The van der Waals surface area contributed by atoms with Crippen molar-refractivity contribution < 1.29 is 15.7 Å². The Morgan fingerprint density at radius 1 is 1.08 bits per heavy atom. The monoisotopic (exact) mass is 271 g/mol. The van der Waals surface area contributed by atoms with E-state index in [9.17, 15) is 0 Å². The molecule has 0 aromatic carbocycles. The fraction of sp³-hybridized carbons (Fsp3) is 0.556. The maximum Gasteiger partial charge on any atom is -0.0149 e. The van der Waals surface area contributed by atoms with Crippen LogP contribution in [-0.2, 0) is 15.7 Å². The Morgan fingerprint density at radius 3 is 1.69 bits per heavy atom. The van der Waals surface area contributed by atoms with E-state index in [0.29, 0.717) is 5.92 Å². The molecular formula is C9H17Cl2SiTi. The molecule has 0 fully saturated rings. The van der Waals surface area contributed by atoms with Gasteiger partial charge in [-0.25, -0.2) is 0 Å². The summed E-state index contributed by atoms with van der Waals surface area (Å²) in [5.41, 5.74) is 4.18. The third-order valence-electron chi connectivity index (χ3n) is 2.84. The van der Waals surface area contributed by atoms with Gasteiger partial charge in [0.05, 0.1) is 0 Å². The van der Waals surface area contributed by atoms with Crippen LogP contribution < -0.4 is 0 Å². The molecular weight excluding hydrogens is 255 g/mol. The number of hydrogen-bond donors (Lipinski definition) is 0. The zero-order valence-electron chi connectivity index (χ0n) is 7.83. The van der Waals surface area contributed by atoms with Crippen LogP contribution in [0, 0.1) is 5.92 Å². The van der Waals surface area contributed by atoms with Crippen LogP contribution in [0.15, 0.2) is 20.6 Å². The summed E-state index contributed by atoms with van der Waals surface area (Å²) in [4.78, 5) is 0. The molecule has 0 nitrogen and oxygen atoms in total. The number of hydrogen-bond acceptors (Lipinski definition) is 0.